The molecule has 0 saturated heterocycles. The molecule has 8 heteroatoms. The normalized spacial score (nSPS) is 12.0. The van der Waals surface area contributed by atoms with Crippen LogP contribution in [-0.4, -0.2) is 42.9 Å². The van der Waals surface area contributed by atoms with Crippen LogP contribution in [0, 0.1) is 16.7 Å². The number of benzene rings is 2. The summed E-state index contributed by atoms with van der Waals surface area (Å²) in [7, 11) is 4.33. The van der Waals surface area contributed by atoms with E-state index >= 15 is 0 Å². The van der Waals surface area contributed by atoms with Crippen molar-refractivity contribution in [1.82, 2.24) is 0 Å². The summed E-state index contributed by atoms with van der Waals surface area (Å²) >= 11 is 0. The highest BCUT2D eigenvalue weighted by Gasteiger charge is 2.11. The van der Waals surface area contributed by atoms with Gasteiger partial charge in [0.15, 0.2) is 29.1 Å². The standard InChI is InChI=1S/C10H11NO3.C9H11NO3/c1-13-9-5-7(3-4-8(9)12)10(6-11)14-2;1-13-9-4-6(8(12)5-10)2-3-7(9)11/h3-5,10,12H,1-2H3;2-5,8,10-12H,1H3. The fraction of sp³-hybridized carbons (Fsp3) is 0.263. The highest BCUT2D eigenvalue weighted by atomic mass is 16.5. The van der Waals surface area contributed by atoms with Gasteiger partial charge in [-0.05, 0) is 35.4 Å². The first-order valence-electron chi connectivity index (χ1n) is 7.76. The lowest BCUT2D eigenvalue weighted by molar-refractivity contribution is 0.148. The van der Waals surface area contributed by atoms with Gasteiger partial charge in [-0.3, -0.25) is 0 Å². The predicted octanol–water partition coefficient (Wildman–Crippen LogP) is 2.70. The van der Waals surface area contributed by atoms with Crippen LogP contribution < -0.4 is 9.47 Å². The van der Waals surface area contributed by atoms with Crippen molar-refractivity contribution in [2.24, 2.45) is 0 Å². The Balaban J connectivity index is 0.000000271. The number of phenols is 2. The molecule has 2 aromatic rings. The Morgan fingerprint density at radius 2 is 1.44 bits per heavy atom. The molecule has 2 rings (SSSR count). The van der Waals surface area contributed by atoms with Gasteiger partial charge in [0.1, 0.15) is 6.10 Å². The van der Waals surface area contributed by atoms with Gasteiger partial charge >= 0.3 is 0 Å². The van der Waals surface area contributed by atoms with Gasteiger partial charge in [0.25, 0.3) is 0 Å². The van der Waals surface area contributed by atoms with E-state index in [-0.39, 0.29) is 11.5 Å². The monoisotopic (exact) mass is 374 g/mol. The minimum Gasteiger partial charge on any atom is -0.504 e. The Kier molecular flexibility index (Phi) is 8.59. The highest BCUT2D eigenvalue weighted by molar-refractivity contribution is 5.63. The Labute approximate surface area is 157 Å². The van der Waals surface area contributed by atoms with Crippen molar-refractivity contribution in [2.45, 2.75) is 12.2 Å². The minimum absolute atomic E-state index is 0.0171. The molecule has 0 bridgehead atoms. The summed E-state index contributed by atoms with van der Waals surface area (Å²) in [6.07, 6.45) is -0.676. The van der Waals surface area contributed by atoms with Gasteiger partial charge in [0, 0.05) is 13.3 Å². The molecular weight excluding hydrogens is 352 g/mol. The second kappa shape index (κ2) is 10.7. The van der Waals surface area contributed by atoms with E-state index in [4.69, 9.17) is 24.9 Å². The van der Waals surface area contributed by atoms with Crippen molar-refractivity contribution >= 4 is 6.21 Å². The van der Waals surface area contributed by atoms with Crippen LogP contribution in [-0.2, 0) is 4.74 Å². The SMILES string of the molecule is COc1cc(C(C#N)OC)ccc1O.COc1cc(C(O)C=N)ccc1O. The molecule has 0 aromatic heterocycles. The molecule has 27 heavy (non-hydrogen) atoms. The Bertz CT molecular complexity index is 803. The summed E-state index contributed by atoms with van der Waals surface area (Å²) < 4.78 is 14.7. The Hall–Kier alpha value is -3.28. The third kappa shape index (κ3) is 5.88. The summed E-state index contributed by atoms with van der Waals surface area (Å²) in [5.74, 6) is 0.686. The fourth-order valence-electron chi connectivity index (χ4n) is 2.10. The molecule has 2 atom stereocenters. The maximum Gasteiger partial charge on any atom is 0.168 e. The molecule has 0 fully saturated rings. The summed E-state index contributed by atoms with van der Waals surface area (Å²) in [5.41, 5.74) is 1.18. The first-order valence-corrected chi connectivity index (χ1v) is 7.76. The molecule has 2 unspecified atom stereocenters. The van der Waals surface area contributed by atoms with E-state index in [2.05, 4.69) is 0 Å². The topological polar surface area (TPSA) is 136 Å². The molecule has 0 amide bonds. The van der Waals surface area contributed by atoms with E-state index in [1.165, 1.54) is 45.6 Å². The molecule has 0 radical (unpaired) electrons. The minimum atomic E-state index is -0.950. The number of aliphatic hydroxyl groups excluding tert-OH is 1. The number of phenolic OH excluding ortho intramolecular Hbond substituents is 2. The van der Waals surface area contributed by atoms with Crippen LogP contribution in [0.15, 0.2) is 36.4 Å². The van der Waals surface area contributed by atoms with Crippen LogP contribution in [0.25, 0.3) is 0 Å². The van der Waals surface area contributed by atoms with Crippen LogP contribution in [0.2, 0.25) is 0 Å². The molecule has 4 N–H and O–H groups in total. The van der Waals surface area contributed by atoms with Crippen molar-refractivity contribution in [3.8, 4) is 29.1 Å². The third-order valence-corrected chi connectivity index (χ3v) is 3.56. The van der Waals surface area contributed by atoms with Crippen LogP contribution >= 0.6 is 0 Å². The molecule has 0 aliphatic carbocycles. The number of hydrogen-bond acceptors (Lipinski definition) is 8. The fourth-order valence-corrected chi connectivity index (χ4v) is 2.10. The zero-order valence-corrected chi connectivity index (χ0v) is 15.2. The van der Waals surface area contributed by atoms with Crippen molar-refractivity contribution in [2.75, 3.05) is 21.3 Å². The number of methoxy groups -OCH3 is 3. The molecule has 8 nitrogen and oxygen atoms in total. The number of aliphatic hydroxyl groups is 1. The van der Waals surface area contributed by atoms with Crippen molar-refractivity contribution in [3.05, 3.63) is 47.5 Å². The molecule has 0 aliphatic heterocycles. The smallest absolute Gasteiger partial charge is 0.168 e. The molecule has 0 spiro atoms. The van der Waals surface area contributed by atoms with Gasteiger partial charge < -0.3 is 34.9 Å². The molecule has 0 heterocycles. The van der Waals surface area contributed by atoms with E-state index in [1.807, 2.05) is 6.07 Å². The number of nitrogens with one attached hydrogen (secondary N) is 1. The average Bonchev–Trinajstić information content (AvgIpc) is 2.70. The van der Waals surface area contributed by atoms with E-state index in [0.717, 1.165) is 6.21 Å². The summed E-state index contributed by atoms with van der Waals surface area (Å²) in [6, 6.07) is 11.1. The van der Waals surface area contributed by atoms with E-state index < -0.39 is 12.2 Å². The third-order valence-electron chi connectivity index (χ3n) is 3.56. The van der Waals surface area contributed by atoms with Crippen molar-refractivity contribution in [1.29, 1.82) is 10.7 Å². The predicted molar refractivity (Wildman–Crippen MR) is 98.4 cm³/mol. The van der Waals surface area contributed by atoms with Gasteiger partial charge in [-0.2, -0.15) is 5.26 Å². The first-order chi connectivity index (χ1) is 12.9. The van der Waals surface area contributed by atoms with Gasteiger partial charge in [0.05, 0.1) is 20.3 Å². The van der Waals surface area contributed by atoms with Gasteiger partial charge in [0.2, 0.25) is 0 Å². The van der Waals surface area contributed by atoms with Gasteiger partial charge in [-0.15, -0.1) is 0 Å². The first kappa shape index (κ1) is 21.8. The molecular formula is C19H22N2O6. The quantitative estimate of drug-likeness (QED) is 0.571. The molecule has 0 saturated carbocycles. The number of nitrogens with zero attached hydrogens (tertiary/aromatic N) is 1. The van der Waals surface area contributed by atoms with E-state index in [0.29, 0.717) is 22.6 Å². The lowest BCUT2D eigenvalue weighted by Gasteiger charge is -2.09. The second-order valence-corrected chi connectivity index (χ2v) is 5.22. The largest absolute Gasteiger partial charge is 0.504 e. The van der Waals surface area contributed by atoms with Crippen LogP contribution in [0.4, 0.5) is 0 Å². The van der Waals surface area contributed by atoms with E-state index in [9.17, 15) is 15.3 Å². The summed E-state index contributed by atoms with van der Waals surface area (Å²) in [5, 5.41) is 43.4. The van der Waals surface area contributed by atoms with Gasteiger partial charge in [-0.1, -0.05) is 12.1 Å². The number of hydrogen-bond donors (Lipinski definition) is 4. The lowest BCUT2D eigenvalue weighted by atomic mass is 10.1. The number of nitriles is 1. The lowest BCUT2D eigenvalue weighted by Crippen LogP contribution is -1.98. The van der Waals surface area contributed by atoms with Gasteiger partial charge in [-0.25, -0.2) is 0 Å². The molecule has 144 valence electrons. The number of aromatic hydroxyl groups is 2. The molecule has 0 aliphatic rings. The molecule has 2 aromatic carbocycles. The van der Waals surface area contributed by atoms with Crippen LogP contribution in [0.5, 0.6) is 23.0 Å². The average molecular weight is 374 g/mol. The summed E-state index contributed by atoms with van der Waals surface area (Å²) in [6.45, 7) is 0. The van der Waals surface area contributed by atoms with Crippen molar-refractivity contribution < 1.29 is 29.5 Å². The number of rotatable bonds is 6. The highest BCUT2D eigenvalue weighted by Crippen LogP contribution is 2.30. The number of ether oxygens (including phenoxy) is 3. The van der Waals surface area contributed by atoms with E-state index in [1.54, 1.807) is 12.1 Å². The zero-order chi connectivity index (χ0) is 20.4. The Morgan fingerprint density at radius 3 is 1.85 bits per heavy atom. The maximum atomic E-state index is 9.31. The zero-order valence-electron chi connectivity index (χ0n) is 15.2. The van der Waals surface area contributed by atoms with Crippen molar-refractivity contribution in [3.63, 3.8) is 0 Å². The van der Waals surface area contributed by atoms with Crippen LogP contribution in [0.1, 0.15) is 23.3 Å². The second-order valence-electron chi connectivity index (χ2n) is 5.22. The Morgan fingerprint density at radius 1 is 0.963 bits per heavy atom. The van der Waals surface area contributed by atoms with Crippen LogP contribution in [0.3, 0.4) is 0 Å². The summed E-state index contributed by atoms with van der Waals surface area (Å²) in [4.78, 5) is 0. The maximum absolute atomic E-state index is 9.31.